The van der Waals surface area contributed by atoms with Crippen molar-refractivity contribution in [1.29, 1.82) is 0 Å². The number of aromatic amines is 1. The van der Waals surface area contributed by atoms with Gasteiger partial charge in [-0.3, -0.25) is 4.79 Å². The molecular weight excluding hydrogens is 198 g/mol. The molecule has 5 heteroatoms. The summed E-state index contributed by atoms with van der Waals surface area (Å²) in [5.74, 6) is -1.26. The highest BCUT2D eigenvalue weighted by Gasteiger charge is 2.15. The van der Waals surface area contributed by atoms with Gasteiger partial charge in [0.2, 0.25) is 5.78 Å². The van der Waals surface area contributed by atoms with Crippen LogP contribution in [0.4, 0.5) is 0 Å². The molecule has 0 unspecified atom stereocenters. The number of carbonyl (C=O) groups is 2. The van der Waals surface area contributed by atoms with E-state index in [1.54, 1.807) is 6.07 Å². The highest BCUT2D eigenvalue weighted by Crippen LogP contribution is 2.11. The molecule has 2 N–H and O–H groups in total. The van der Waals surface area contributed by atoms with Crippen molar-refractivity contribution in [3.8, 4) is 0 Å². The van der Waals surface area contributed by atoms with Crippen LogP contribution in [0.25, 0.3) is 0 Å². The maximum Gasteiger partial charge on any atom is 0.352 e. The molecule has 2 aromatic rings. The summed E-state index contributed by atoms with van der Waals surface area (Å²) in [6.45, 7) is 0. The number of hydrogen-bond acceptors (Lipinski definition) is 3. The minimum absolute atomic E-state index is 0.0232. The minimum Gasteiger partial charge on any atom is -0.477 e. The van der Waals surface area contributed by atoms with E-state index < -0.39 is 5.97 Å². The standard InChI is InChI=1S/C10H7NO4/c12-9(8-2-1-3-15-8)6-4-7(10(13)14)11-5-6/h1-5,11H,(H,13,14). The zero-order valence-corrected chi connectivity index (χ0v) is 7.56. The van der Waals surface area contributed by atoms with Crippen LogP contribution in [0, 0.1) is 0 Å². The first-order valence-electron chi connectivity index (χ1n) is 4.18. The van der Waals surface area contributed by atoms with Gasteiger partial charge < -0.3 is 14.5 Å². The van der Waals surface area contributed by atoms with Crippen molar-refractivity contribution in [3.05, 3.63) is 47.7 Å². The van der Waals surface area contributed by atoms with Crippen LogP contribution in [0.1, 0.15) is 26.6 Å². The van der Waals surface area contributed by atoms with Gasteiger partial charge in [-0.2, -0.15) is 0 Å². The first-order chi connectivity index (χ1) is 7.18. The van der Waals surface area contributed by atoms with E-state index in [0.717, 1.165) is 0 Å². The molecule has 0 saturated carbocycles. The van der Waals surface area contributed by atoms with E-state index in [1.165, 1.54) is 24.6 Å². The molecule has 15 heavy (non-hydrogen) atoms. The van der Waals surface area contributed by atoms with E-state index in [-0.39, 0.29) is 22.8 Å². The van der Waals surface area contributed by atoms with Crippen LogP contribution in [0.2, 0.25) is 0 Å². The van der Waals surface area contributed by atoms with Gasteiger partial charge in [-0.1, -0.05) is 0 Å². The summed E-state index contributed by atoms with van der Waals surface area (Å²) in [6, 6.07) is 4.39. The molecule has 0 bridgehead atoms. The summed E-state index contributed by atoms with van der Waals surface area (Å²) >= 11 is 0. The molecule has 0 aliphatic rings. The average molecular weight is 205 g/mol. The molecule has 5 nitrogen and oxygen atoms in total. The van der Waals surface area contributed by atoms with E-state index in [0.29, 0.717) is 0 Å². The van der Waals surface area contributed by atoms with Gasteiger partial charge in [-0.05, 0) is 18.2 Å². The van der Waals surface area contributed by atoms with Gasteiger partial charge >= 0.3 is 5.97 Å². The Hall–Kier alpha value is -2.30. The molecule has 0 amide bonds. The molecule has 2 heterocycles. The third-order valence-electron chi connectivity index (χ3n) is 1.92. The summed E-state index contributed by atoms with van der Waals surface area (Å²) in [4.78, 5) is 24.7. The molecule has 76 valence electrons. The molecule has 0 aromatic carbocycles. The lowest BCUT2D eigenvalue weighted by Crippen LogP contribution is -1.98. The van der Waals surface area contributed by atoms with E-state index >= 15 is 0 Å². The molecule has 0 aliphatic heterocycles. The average Bonchev–Trinajstić information content (AvgIpc) is 2.88. The first-order valence-corrected chi connectivity index (χ1v) is 4.18. The number of rotatable bonds is 3. The number of carbonyl (C=O) groups excluding carboxylic acids is 1. The fourth-order valence-corrected chi connectivity index (χ4v) is 1.20. The normalized spacial score (nSPS) is 10.1. The van der Waals surface area contributed by atoms with Crippen molar-refractivity contribution in [1.82, 2.24) is 4.98 Å². The second-order valence-corrected chi connectivity index (χ2v) is 2.91. The van der Waals surface area contributed by atoms with E-state index in [9.17, 15) is 9.59 Å². The summed E-state index contributed by atoms with van der Waals surface area (Å²) < 4.78 is 4.91. The Labute approximate surface area is 84.3 Å². The zero-order chi connectivity index (χ0) is 10.8. The lowest BCUT2D eigenvalue weighted by Gasteiger charge is -1.90. The molecule has 0 saturated heterocycles. The van der Waals surface area contributed by atoms with Crippen LogP contribution in [0.15, 0.2) is 35.1 Å². The van der Waals surface area contributed by atoms with Crippen LogP contribution in [0.5, 0.6) is 0 Å². The van der Waals surface area contributed by atoms with Crippen molar-refractivity contribution < 1.29 is 19.1 Å². The third-order valence-corrected chi connectivity index (χ3v) is 1.92. The van der Waals surface area contributed by atoms with E-state index in [2.05, 4.69) is 4.98 Å². The molecule has 0 atom stereocenters. The van der Waals surface area contributed by atoms with Crippen molar-refractivity contribution in [3.63, 3.8) is 0 Å². The van der Waals surface area contributed by atoms with Gasteiger partial charge in [0.05, 0.1) is 6.26 Å². The topological polar surface area (TPSA) is 83.3 Å². The lowest BCUT2D eigenvalue weighted by atomic mass is 10.2. The second-order valence-electron chi connectivity index (χ2n) is 2.91. The molecule has 2 aromatic heterocycles. The van der Waals surface area contributed by atoms with Gasteiger partial charge in [0.25, 0.3) is 0 Å². The highest BCUT2D eigenvalue weighted by molar-refractivity contribution is 6.08. The maximum atomic E-state index is 11.6. The zero-order valence-electron chi connectivity index (χ0n) is 7.56. The van der Waals surface area contributed by atoms with Crippen LogP contribution < -0.4 is 0 Å². The van der Waals surface area contributed by atoms with Crippen LogP contribution in [-0.2, 0) is 0 Å². The Bertz CT molecular complexity index is 495. The fourth-order valence-electron chi connectivity index (χ4n) is 1.20. The van der Waals surface area contributed by atoms with Gasteiger partial charge in [-0.15, -0.1) is 0 Å². The number of furan rings is 1. The number of carboxylic acid groups (broad SMARTS) is 1. The van der Waals surface area contributed by atoms with Gasteiger partial charge in [0.1, 0.15) is 5.69 Å². The predicted octanol–water partition coefficient (Wildman–Crippen LogP) is 1.54. The monoisotopic (exact) mass is 205 g/mol. The lowest BCUT2D eigenvalue weighted by molar-refractivity contribution is 0.0691. The fraction of sp³-hybridized carbons (Fsp3) is 0. The van der Waals surface area contributed by atoms with Crippen molar-refractivity contribution in [2.45, 2.75) is 0 Å². The number of aromatic carboxylic acids is 1. The summed E-state index contributed by atoms with van der Waals surface area (Å²) in [7, 11) is 0. The van der Waals surface area contributed by atoms with E-state index in [1.807, 2.05) is 0 Å². The maximum absolute atomic E-state index is 11.6. The molecule has 0 aliphatic carbocycles. The number of carboxylic acids is 1. The quantitative estimate of drug-likeness (QED) is 0.744. The van der Waals surface area contributed by atoms with Crippen LogP contribution >= 0.6 is 0 Å². The van der Waals surface area contributed by atoms with Gasteiger partial charge in [0, 0.05) is 11.8 Å². The number of H-pyrrole nitrogens is 1. The van der Waals surface area contributed by atoms with Gasteiger partial charge in [0.15, 0.2) is 5.76 Å². The molecule has 0 spiro atoms. The van der Waals surface area contributed by atoms with Crippen LogP contribution in [-0.4, -0.2) is 21.8 Å². The minimum atomic E-state index is -1.10. The van der Waals surface area contributed by atoms with Crippen molar-refractivity contribution >= 4 is 11.8 Å². The number of aromatic nitrogens is 1. The van der Waals surface area contributed by atoms with Crippen molar-refractivity contribution in [2.75, 3.05) is 0 Å². The highest BCUT2D eigenvalue weighted by atomic mass is 16.4. The first kappa shape index (κ1) is 9.26. The predicted molar refractivity (Wildman–Crippen MR) is 49.9 cm³/mol. The molecular formula is C10H7NO4. The molecule has 2 rings (SSSR count). The summed E-state index contributed by atoms with van der Waals surface area (Å²) in [6.07, 6.45) is 2.73. The Morgan fingerprint density at radius 3 is 2.73 bits per heavy atom. The Balaban J connectivity index is 2.31. The SMILES string of the molecule is O=C(O)c1cc(C(=O)c2ccco2)c[nH]1. The van der Waals surface area contributed by atoms with E-state index in [4.69, 9.17) is 9.52 Å². The Morgan fingerprint density at radius 1 is 1.40 bits per heavy atom. The number of nitrogens with one attached hydrogen (secondary N) is 1. The molecule has 0 fully saturated rings. The summed E-state index contributed by atoms with van der Waals surface area (Å²) in [5.41, 5.74) is 0.243. The number of ketones is 1. The van der Waals surface area contributed by atoms with Crippen LogP contribution in [0.3, 0.4) is 0 Å². The second kappa shape index (κ2) is 3.45. The Kier molecular flexibility index (Phi) is 2.13. The smallest absolute Gasteiger partial charge is 0.352 e. The largest absolute Gasteiger partial charge is 0.477 e. The van der Waals surface area contributed by atoms with Crippen molar-refractivity contribution in [2.24, 2.45) is 0 Å². The molecule has 0 radical (unpaired) electrons. The summed E-state index contributed by atoms with van der Waals surface area (Å²) in [5, 5.41) is 8.64. The number of hydrogen-bond donors (Lipinski definition) is 2. The van der Waals surface area contributed by atoms with Gasteiger partial charge in [-0.25, -0.2) is 4.79 Å². The third kappa shape index (κ3) is 1.67. The Morgan fingerprint density at radius 2 is 2.20 bits per heavy atom.